The summed E-state index contributed by atoms with van der Waals surface area (Å²) in [6.07, 6.45) is 4.42. The van der Waals surface area contributed by atoms with Gasteiger partial charge in [0.15, 0.2) is 0 Å². The molecule has 132 valence electrons. The third kappa shape index (κ3) is 3.59. The summed E-state index contributed by atoms with van der Waals surface area (Å²) in [5.41, 5.74) is 0.0849. The average molecular weight is 334 g/mol. The highest BCUT2D eigenvalue weighted by Gasteiger charge is 2.52. The number of amides is 1. The third-order valence-electron chi connectivity index (χ3n) is 4.96. The molecule has 0 aliphatic heterocycles. The van der Waals surface area contributed by atoms with Gasteiger partial charge in [-0.2, -0.15) is 0 Å². The summed E-state index contributed by atoms with van der Waals surface area (Å²) >= 11 is 0. The minimum atomic E-state index is -1.07. The van der Waals surface area contributed by atoms with Gasteiger partial charge in [-0.25, -0.2) is 4.79 Å². The Kier molecular flexibility index (Phi) is 5.59. The number of carboxylic acids is 1. The molecule has 2 rings (SSSR count). The molecule has 1 saturated carbocycles. The Morgan fingerprint density at radius 1 is 1.46 bits per heavy atom. The van der Waals surface area contributed by atoms with Crippen LogP contribution < -0.4 is 0 Å². The number of nitrogens with zero attached hydrogens (tertiary/aromatic N) is 2. The molecule has 1 aromatic rings. The van der Waals surface area contributed by atoms with Gasteiger partial charge in [0, 0.05) is 31.3 Å². The van der Waals surface area contributed by atoms with Gasteiger partial charge in [-0.1, -0.05) is 27.2 Å². The van der Waals surface area contributed by atoms with E-state index in [0.717, 1.165) is 25.9 Å². The summed E-state index contributed by atoms with van der Waals surface area (Å²) in [5.74, 6) is -1.33. The highest BCUT2D eigenvalue weighted by molar-refractivity contribution is 5.95. The second-order valence-corrected chi connectivity index (χ2v) is 6.94. The zero-order valence-electron chi connectivity index (χ0n) is 14.8. The Morgan fingerprint density at radius 3 is 2.75 bits per heavy atom. The Labute approximate surface area is 142 Å². The zero-order chi connectivity index (χ0) is 17.9. The van der Waals surface area contributed by atoms with Gasteiger partial charge in [0.25, 0.3) is 5.91 Å². The number of pyridine rings is 1. The second-order valence-electron chi connectivity index (χ2n) is 6.94. The van der Waals surface area contributed by atoms with Crippen LogP contribution in [-0.4, -0.2) is 52.7 Å². The summed E-state index contributed by atoms with van der Waals surface area (Å²) < 4.78 is 5.92. The van der Waals surface area contributed by atoms with Crippen molar-refractivity contribution in [1.29, 1.82) is 0 Å². The van der Waals surface area contributed by atoms with Crippen LogP contribution in [-0.2, 0) is 4.74 Å². The molecule has 1 heterocycles. The van der Waals surface area contributed by atoms with Crippen molar-refractivity contribution in [2.24, 2.45) is 5.41 Å². The lowest BCUT2D eigenvalue weighted by molar-refractivity contribution is -0.140. The summed E-state index contributed by atoms with van der Waals surface area (Å²) in [5, 5.41) is 9.05. The molecule has 0 radical (unpaired) electrons. The largest absolute Gasteiger partial charge is 0.478 e. The third-order valence-corrected chi connectivity index (χ3v) is 4.96. The van der Waals surface area contributed by atoms with Crippen molar-refractivity contribution in [2.45, 2.75) is 52.2 Å². The zero-order valence-corrected chi connectivity index (χ0v) is 14.8. The maximum Gasteiger partial charge on any atom is 0.335 e. The minimum Gasteiger partial charge on any atom is -0.478 e. The van der Waals surface area contributed by atoms with E-state index in [0.29, 0.717) is 0 Å². The predicted molar refractivity (Wildman–Crippen MR) is 90.1 cm³/mol. The van der Waals surface area contributed by atoms with Crippen molar-refractivity contribution in [3.63, 3.8) is 0 Å². The lowest BCUT2D eigenvalue weighted by Gasteiger charge is -2.54. The van der Waals surface area contributed by atoms with Crippen molar-refractivity contribution in [2.75, 3.05) is 13.7 Å². The molecule has 0 bridgehead atoms. The van der Waals surface area contributed by atoms with Crippen LogP contribution in [0.3, 0.4) is 0 Å². The molecule has 2 atom stereocenters. The number of carbonyl (C=O) groups excluding carboxylic acids is 1. The lowest BCUT2D eigenvalue weighted by atomic mass is 9.63. The molecule has 6 heteroatoms. The molecule has 0 aromatic carbocycles. The van der Waals surface area contributed by atoms with E-state index < -0.39 is 5.97 Å². The smallest absolute Gasteiger partial charge is 0.335 e. The first kappa shape index (κ1) is 18.4. The molecule has 1 aliphatic rings. The Balaban J connectivity index is 2.04. The SMILES string of the molecule is CCCCOC1CC(N(C)C(=O)c2cc(C(=O)O)ccn2)C1(C)C. The summed E-state index contributed by atoms with van der Waals surface area (Å²) in [6.45, 7) is 7.07. The fourth-order valence-electron chi connectivity index (χ4n) is 3.18. The van der Waals surface area contributed by atoms with Crippen molar-refractivity contribution in [3.8, 4) is 0 Å². The van der Waals surface area contributed by atoms with Gasteiger partial charge in [-0.05, 0) is 25.0 Å². The van der Waals surface area contributed by atoms with E-state index in [1.54, 1.807) is 11.9 Å². The molecule has 1 aromatic heterocycles. The van der Waals surface area contributed by atoms with Crippen LogP contribution >= 0.6 is 0 Å². The van der Waals surface area contributed by atoms with E-state index in [1.165, 1.54) is 18.3 Å². The fourth-order valence-corrected chi connectivity index (χ4v) is 3.18. The first-order valence-electron chi connectivity index (χ1n) is 8.37. The first-order valence-corrected chi connectivity index (χ1v) is 8.37. The van der Waals surface area contributed by atoms with E-state index in [4.69, 9.17) is 9.84 Å². The molecule has 24 heavy (non-hydrogen) atoms. The average Bonchev–Trinajstić information content (AvgIpc) is 2.56. The van der Waals surface area contributed by atoms with Gasteiger partial charge >= 0.3 is 5.97 Å². The van der Waals surface area contributed by atoms with E-state index in [1.807, 2.05) is 0 Å². The van der Waals surface area contributed by atoms with Crippen LogP contribution in [0.25, 0.3) is 0 Å². The number of ether oxygens (including phenoxy) is 1. The number of aromatic nitrogens is 1. The molecule has 1 aliphatic carbocycles. The van der Waals surface area contributed by atoms with Crippen LogP contribution in [0.5, 0.6) is 0 Å². The van der Waals surface area contributed by atoms with Crippen molar-refractivity contribution < 1.29 is 19.4 Å². The quantitative estimate of drug-likeness (QED) is 0.776. The van der Waals surface area contributed by atoms with Crippen LogP contribution in [0, 0.1) is 5.41 Å². The van der Waals surface area contributed by atoms with Crippen molar-refractivity contribution >= 4 is 11.9 Å². The Hall–Kier alpha value is -1.95. The lowest BCUT2D eigenvalue weighted by Crippen LogP contribution is -2.62. The minimum absolute atomic E-state index is 0.0481. The molecular formula is C18H26N2O4. The molecule has 1 fully saturated rings. The highest BCUT2D eigenvalue weighted by Crippen LogP contribution is 2.45. The fraction of sp³-hybridized carbons (Fsp3) is 0.611. The standard InChI is InChI=1S/C18H26N2O4/c1-5-6-9-24-15-11-14(18(15,2)3)20(4)16(21)13-10-12(17(22)23)7-8-19-13/h7-8,10,14-15H,5-6,9,11H2,1-4H3,(H,22,23). The van der Waals surface area contributed by atoms with Gasteiger partial charge in [-0.3, -0.25) is 9.78 Å². The van der Waals surface area contributed by atoms with Crippen LogP contribution in [0.4, 0.5) is 0 Å². The van der Waals surface area contributed by atoms with Gasteiger partial charge in [-0.15, -0.1) is 0 Å². The molecule has 0 spiro atoms. The summed E-state index contributed by atoms with van der Waals surface area (Å²) in [4.78, 5) is 29.4. The monoisotopic (exact) mass is 334 g/mol. The molecule has 0 saturated heterocycles. The maximum atomic E-state index is 12.6. The van der Waals surface area contributed by atoms with Gasteiger partial charge in [0.05, 0.1) is 11.7 Å². The number of aromatic carboxylic acids is 1. The number of carboxylic acid groups (broad SMARTS) is 1. The molecular weight excluding hydrogens is 308 g/mol. The van der Waals surface area contributed by atoms with E-state index >= 15 is 0 Å². The van der Waals surface area contributed by atoms with E-state index in [9.17, 15) is 9.59 Å². The van der Waals surface area contributed by atoms with Crippen molar-refractivity contribution in [3.05, 3.63) is 29.6 Å². The van der Waals surface area contributed by atoms with E-state index in [-0.39, 0.29) is 34.7 Å². The molecule has 6 nitrogen and oxygen atoms in total. The first-order chi connectivity index (χ1) is 11.3. The summed E-state index contributed by atoms with van der Waals surface area (Å²) in [7, 11) is 1.74. The maximum absolute atomic E-state index is 12.6. The molecule has 2 unspecified atom stereocenters. The van der Waals surface area contributed by atoms with E-state index in [2.05, 4.69) is 25.8 Å². The predicted octanol–water partition coefficient (Wildman–Crippen LogP) is 2.84. The normalized spacial score (nSPS) is 21.8. The number of hydrogen-bond donors (Lipinski definition) is 1. The Bertz CT molecular complexity index is 615. The van der Waals surface area contributed by atoms with Gasteiger partial charge in [0.2, 0.25) is 0 Å². The topological polar surface area (TPSA) is 79.7 Å². The van der Waals surface area contributed by atoms with Gasteiger partial charge < -0.3 is 14.7 Å². The summed E-state index contributed by atoms with van der Waals surface area (Å²) in [6, 6.07) is 2.75. The number of hydrogen-bond acceptors (Lipinski definition) is 4. The molecule has 1 amide bonds. The van der Waals surface area contributed by atoms with Crippen LogP contribution in [0.1, 0.15) is 60.9 Å². The highest BCUT2D eigenvalue weighted by atomic mass is 16.5. The Morgan fingerprint density at radius 2 is 2.17 bits per heavy atom. The van der Waals surface area contributed by atoms with Crippen LogP contribution in [0.2, 0.25) is 0 Å². The van der Waals surface area contributed by atoms with Crippen molar-refractivity contribution in [1.82, 2.24) is 9.88 Å². The second kappa shape index (κ2) is 7.30. The number of unbranched alkanes of at least 4 members (excludes halogenated alkanes) is 1. The van der Waals surface area contributed by atoms with Gasteiger partial charge in [0.1, 0.15) is 5.69 Å². The molecule has 1 N–H and O–H groups in total. The number of rotatable bonds is 7. The van der Waals surface area contributed by atoms with Crippen LogP contribution in [0.15, 0.2) is 18.3 Å². The number of carbonyl (C=O) groups is 2.